The Kier molecular flexibility index (Phi) is 6.46. The molecule has 8 heteroatoms. The summed E-state index contributed by atoms with van der Waals surface area (Å²) in [6.45, 7) is 2.11. The number of ether oxygens (including phenoxy) is 4. The van der Waals surface area contributed by atoms with Crippen LogP contribution in [-0.4, -0.2) is 36.4 Å². The molecule has 0 unspecified atom stereocenters. The molecule has 2 aromatic carbocycles. The van der Waals surface area contributed by atoms with Gasteiger partial charge in [-0.15, -0.1) is 0 Å². The van der Waals surface area contributed by atoms with Gasteiger partial charge in [-0.25, -0.2) is 4.79 Å². The molecule has 8 nitrogen and oxygen atoms in total. The van der Waals surface area contributed by atoms with Crippen molar-refractivity contribution in [1.29, 1.82) is 0 Å². The van der Waals surface area contributed by atoms with Crippen molar-refractivity contribution in [2.75, 3.05) is 20.3 Å². The second kappa shape index (κ2) is 9.40. The van der Waals surface area contributed by atoms with Crippen LogP contribution in [0, 0.1) is 0 Å². The van der Waals surface area contributed by atoms with Gasteiger partial charge in [-0.05, 0) is 43.3 Å². The highest BCUT2D eigenvalue weighted by Gasteiger charge is 2.14. The number of hydrogen-bond acceptors (Lipinski definition) is 8. The van der Waals surface area contributed by atoms with Crippen LogP contribution in [0.4, 0.5) is 0 Å². The minimum Gasteiger partial charge on any atom is -0.496 e. The quantitative estimate of drug-likeness (QED) is 0.519. The van der Waals surface area contributed by atoms with E-state index in [2.05, 4.69) is 10.1 Å². The van der Waals surface area contributed by atoms with Crippen molar-refractivity contribution >= 4 is 5.97 Å². The molecule has 0 bridgehead atoms. The van der Waals surface area contributed by atoms with Gasteiger partial charge in [0.05, 0.1) is 19.3 Å². The number of nitrogens with zero attached hydrogens (tertiary/aromatic N) is 2. The first kappa shape index (κ1) is 19.2. The molecule has 28 heavy (non-hydrogen) atoms. The molecule has 0 aliphatic rings. The second-order valence-electron chi connectivity index (χ2n) is 5.57. The average molecular weight is 384 g/mol. The van der Waals surface area contributed by atoms with Gasteiger partial charge in [0.25, 0.3) is 5.89 Å². The number of methoxy groups -OCH3 is 1. The van der Waals surface area contributed by atoms with Gasteiger partial charge in [-0.3, -0.25) is 0 Å². The van der Waals surface area contributed by atoms with E-state index in [4.69, 9.17) is 23.5 Å². The molecule has 0 spiro atoms. The number of benzene rings is 2. The molecule has 0 aliphatic carbocycles. The predicted molar refractivity (Wildman–Crippen MR) is 99.2 cm³/mol. The van der Waals surface area contributed by atoms with Crippen molar-refractivity contribution in [1.82, 2.24) is 10.1 Å². The summed E-state index contributed by atoms with van der Waals surface area (Å²) >= 11 is 0. The molecule has 1 heterocycles. The van der Waals surface area contributed by atoms with Crippen molar-refractivity contribution < 1.29 is 28.3 Å². The lowest BCUT2D eigenvalue weighted by Crippen LogP contribution is -2.14. The third-order valence-corrected chi connectivity index (χ3v) is 3.66. The van der Waals surface area contributed by atoms with Crippen molar-refractivity contribution in [2.24, 2.45) is 0 Å². The predicted octanol–water partition coefficient (Wildman–Crippen LogP) is 3.27. The molecule has 3 rings (SSSR count). The lowest BCUT2D eigenvalue weighted by atomic mass is 10.2. The Balaban J connectivity index is 1.49. The van der Waals surface area contributed by atoms with Crippen LogP contribution in [-0.2, 0) is 16.1 Å². The molecule has 0 saturated heterocycles. The molecule has 146 valence electrons. The molecule has 0 N–H and O–H groups in total. The minimum atomic E-state index is -0.550. The topological polar surface area (TPSA) is 92.9 Å². The van der Waals surface area contributed by atoms with E-state index in [1.165, 1.54) is 0 Å². The highest BCUT2D eigenvalue weighted by atomic mass is 16.6. The lowest BCUT2D eigenvalue weighted by Gasteiger charge is -2.07. The molecule has 0 radical (unpaired) electrons. The van der Waals surface area contributed by atoms with E-state index < -0.39 is 5.97 Å². The summed E-state index contributed by atoms with van der Waals surface area (Å²) in [6.07, 6.45) is 0. The van der Waals surface area contributed by atoms with E-state index in [9.17, 15) is 4.79 Å². The Morgan fingerprint density at radius 1 is 1.04 bits per heavy atom. The maximum absolute atomic E-state index is 11.9. The molecule has 0 amide bonds. The van der Waals surface area contributed by atoms with Gasteiger partial charge in [-0.2, -0.15) is 4.98 Å². The SMILES string of the molecule is CCOc1ccc(OCC(=O)OCc2nc(-c3ccccc3OC)no2)cc1. The first-order valence-electron chi connectivity index (χ1n) is 8.67. The van der Waals surface area contributed by atoms with Gasteiger partial charge in [0.15, 0.2) is 13.2 Å². The first-order chi connectivity index (χ1) is 13.7. The Morgan fingerprint density at radius 3 is 2.46 bits per heavy atom. The highest BCUT2D eigenvalue weighted by Crippen LogP contribution is 2.27. The van der Waals surface area contributed by atoms with E-state index in [-0.39, 0.29) is 19.1 Å². The summed E-state index contributed by atoms with van der Waals surface area (Å²) in [5.41, 5.74) is 0.685. The second-order valence-corrected chi connectivity index (χ2v) is 5.57. The van der Waals surface area contributed by atoms with Crippen molar-refractivity contribution in [3.05, 3.63) is 54.4 Å². The maximum Gasteiger partial charge on any atom is 0.344 e. The summed E-state index contributed by atoms with van der Waals surface area (Å²) < 4.78 is 26.2. The van der Waals surface area contributed by atoms with E-state index in [0.29, 0.717) is 29.5 Å². The molecule has 0 atom stereocenters. The number of carbonyl (C=O) groups excluding carboxylic acids is 1. The summed E-state index contributed by atoms with van der Waals surface area (Å²) in [6, 6.07) is 14.3. The molecule has 3 aromatic rings. The zero-order valence-corrected chi connectivity index (χ0v) is 15.6. The smallest absolute Gasteiger partial charge is 0.344 e. The monoisotopic (exact) mass is 384 g/mol. The minimum absolute atomic E-state index is 0.145. The summed E-state index contributed by atoms with van der Waals surface area (Å²) in [7, 11) is 1.56. The van der Waals surface area contributed by atoms with Crippen molar-refractivity contribution in [2.45, 2.75) is 13.5 Å². The van der Waals surface area contributed by atoms with Crippen LogP contribution in [0.3, 0.4) is 0 Å². The molecular formula is C20H20N2O6. The third-order valence-electron chi connectivity index (χ3n) is 3.66. The standard InChI is InChI=1S/C20H20N2O6/c1-3-25-14-8-10-15(11-9-14)26-13-19(23)27-12-18-21-20(22-28-18)16-6-4-5-7-17(16)24-2/h4-11H,3,12-13H2,1-2H3. The summed E-state index contributed by atoms with van der Waals surface area (Å²) in [4.78, 5) is 16.1. The van der Waals surface area contributed by atoms with Crippen molar-refractivity contribution in [3.8, 4) is 28.6 Å². The number of carbonyl (C=O) groups is 1. The number of aromatic nitrogens is 2. The fraction of sp³-hybridized carbons (Fsp3) is 0.250. The maximum atomic E-state index is 11.9. The Bertz CT molecular complexity index is 907. The van der Waals surface area contributed by atoms with Gasteiger partial charge in [0, 0.05) is 0 Å². The largest absolute Gasteiger partial charge is 0.496 e. The van der Waals surface area contributed by atoms with Crippen LogP contribution in [0.2, 0.25) is 0 Å². The number of rotatable bonds is 9. The highest BCUT2D eigenvalue weighted by molar-refractivity contribution is 5.71. The molecular weight excluding hydrogens is 364 g/mol. The van der Waals surface area contributed by atoms with Gasteiger partial charge >= 0.3 is 5.97 Å². The zero-order valence-electron chi connectivity index (χ0n) is 15.6. The van der Waals surface area contributed by atoms with Gasteiger partial charge in [-0.1, -0.05) is 17.3 Å². The Morgan fingerprint density at radius 2 is 1.75 bits per heavy atom. The van der Waals surface area contributed by atoms with Crippen LogP contribution in [0.25, 0.3) is 11.4 Å². The summed E-state index contributed by atoms with van der Waals surface area (Å²) in [5, 5.41) is 3.89. The van der Waals surface area contributed by atoms with Crippen LogP contribution >= 0.6 is 0 Å². The summed E-state index contributed by atoms with van der Waals surface area (Å²) in [5.74, 6) is 1.88. The fourth-order valence-corrected chi connectivity index (χ4v) is 2.38. The van der Waals surface area contributed by atoms with Crippen LogP contribution in [0.1, 0.15) is 12.8 Å². The third kappa shape index (κ3) is 5.00. The fourth-order valence-electron chi connectivity index (χ4n) is 2.38. The van der Waals surface area contributed by atoms with E-state index >= 15 is 0 Å². The van der Waals surface area contributed by atoms with Gasteiger partial charge < -0.3 is 23.5 Å². The Hall–Kier alpha value is -3.55. The lowest BCUT2D eigenvalue weighted by molar-refractivity contribution is -0.148. The van der Waals surface area contributed by atoms with Crippen LogP contribution < -0.4 is 14.2 Å². The van der Waals surface area contributed by atoms with Gasteiger partial charge in [0.2, 0.25) is 5.82 Å². The first-order valence-corrected chi connectivity index (χ1v) is 8.67. The molecule has 0 fully saturated rings. The van der Waals surface area contributed by atoms with E-state index in [0.717, 1.165) is 5.75 Å². The van der Waals surface area contributed by atoms with Crippen LogP contribution in [0.5, 0.6) is 17.2 Å². The number of esters is 1. The normalized spacial score (nSPS) is 10.4. The molecule has 0 saturated carbocycles. The van der Waals surface area contributed by atoms with Crippen molar-refractivity contribution in [3.63, 3.8) is 0 Å². The molecule has 0 aliphatic heterocycles. The zero-order chi connectivity index (χ0) is 19.8. The van der Waals surface area contributed by atoms with Crippen LogP contribution in [0.15, 0.2) is 53.1 Å². The number of para-hydroxylation sites is 1. The van der Waals surface area contributed by atoms with E-state index in [1.807, 2.05) is 25.1 Å². The molecule has 1 aromatic heterocycles. The average Bonchev–Trinajstić information content (AvgIpc) is 3.21. The van der Waals surface area contributed by atoms with E-state index in [1.54, 1.807) is 37.4 Å². The number of hydrogen-bond donors (Lipinski definition) is 0. The van der Waals surface area contributed by atoms with Gasteiger partial charge in [0.1, 0.15) is 17.2 Å². The Labute approximate surface area is 162 Å².